The number of carbonyl (C=O) groups is 1. The van der Waals surface area contributed by atoms with E-state index in [0.29, 0.717) is 12.5 Å². The van der Waals surface area contributed by atoms with Gasteiger partial charge in [-0.05, 0) is 37.0 Å². The molecule has 1 heterocycles. The van der Waals surface area contributed by atoms with Crippen LogP contribution in [0.2, 0.25) is 0 Å². The van der Waals surface area contributed by atoms with Crippen LogP contribution < -0.4 is 0 Å². The van der Waals surface area contributed by atoms with Crippen LogP contribution in [0.1, 0.15) is 19.3 Å². The van der Waals surface area contributed by atoms with Gasteiger partial charge in [-0.2, -0.15) is 4.31 Å². The molecule has 0 radical (unpaired) electrons. The second kappa shape index (κ2) is 7.21. The molecule has 0 bridgehead atoms. The number of piperazine rings is 1. The highest BCUT2D eigenvalue weighted by atomic mass is 32.2. The smallest absolute Gasteiger partial charge is 0.246 e. The number of carbonyl (C=O) groups excluding carboxylic acids is 1. The number of amides is 1. The van der Waals surface area contributed by atoms with Crippen molar-refractivity contribution in [3.05, 3.63) is 42.0 Å². The zero-order chi connectivity index (χ0) is 18.0. The molecule has 1 aliphatic heterocycles. The van der Waals surface area contributed by atoms with E-state index < -0.39 is 26.6 Å². The molecule has 0 saturated carbocycles. The molecule has 0 N–H and O–H groups in total. The summed E-state index contributed by atoms with van der Waals surface area (Å²) in [6.07, 6.45) is 6.51. The number of hydrogen-bond acceptors (Lipinski definition) is 3. The van der Waals surface area contributed by atoms with E-state index in [9.17, 15) is 22.0 Å². The molecule has 1 atom stereocenters. The third-order valence-corrected chi connectivity index (χ3v) is 6.57. The van der Waals surface area contributed by atoms with E-state index >= 15 is 0 Å². The number of allylic oxidation sites excluding steroid dienone is 2. The van der Waals surface area contributed by atoms with Crippen molar-refractivity contribution in [3.63, 3.8) is 0 Å². The van der Waals surface area contributed by atoms with Crippen LogP contribution in [0.25, 0.3) is 0 Å². The lowest BCUT2D eigenvalue weighted by Gasteiger charge is -2.34. The molecular weight excluding hydrogens is 350 g/mol. The number of sulfonamides is 1. The average molecular weight is 370 g/mol. The topological polar surface area (TPSA) is 57.7 Å². The number of halogens is 2. The summed E-state index contributed by atoms with van der Waals surface area (Å²) < 4.78 is 53.3. The van der Waals surface area contributed by atoms with Crippen molar-refractivity contribution in [2.75, 3.05) is 26.2 Å². The fraction of sp³-hybridized carbons (Fsp3) is 0.471. The first-order chi connectivity index (χ1) is 11.9. The van der Waals surface area contributed by atoms with Crippen LogP contribution in [-0.2, 0) is 14.8 Å². The van der Waals surface area contributed by atoms with Gasteiger partial charge in [-0.25, -0.2) is 17.2 Å². The maximum absolute atomic E-state index is 13.8. The van der Waals surface area contributed by atoms with Gasteiger partial charge < -0.3 is 4.90 Å². The van der Waals surface area contributed by atoms with E-state index in [2.05, 4.69) is 6.08 Å². The molecule has 1 aromatic rings. The fourth-order valence-corrected chi connectivity index (χ4v) is 4.71. The van der Waals surface area contributed by atoms with Crippen molar-refractivity contribution in [2.24, 2.45) is 5.92 Å². The molecule has 1 amide bonds. The first-order valence-electron chi connectivity index (χ1n) is 8.27. The molecule has 1 aromatic carbocycles. The lowest BCUT2D eigenvalue weighted by atomic mass is 10.0. The molecule has 25 heavy (non-hydrogen) atoms. The Balaban J connectivity index is 1.64. The molecule has 1 aliphatic carbocycles. The summed E-state index contributed by atoms with van der Waals surface area (Å²) in [4.78, 5) is 13.3. The minimum atomic E-state index is -4.12. The minimum absolute atomic E-state index is 0.00512. The predicted octanol–water partition coefficient (Wildman–Crippen LogP) is 2.15. The number of hydrogen-bond donors (Lipinski definition) is 0. The zero-order valence-corrected chi connectivity index (χ0v) is 14.5. The lowest BCUT2D eigenvalue weighted by molar-refractivity contribution is -0.133. The summed E-state index contributed by atoms with van der Waals surface area (Å²) in [5.74, 6) is -1.52. The van der Waals surface area contributed by atoms with E-state index in [4.69, 9.17) is 0 Å². The van der Waals surface area contributed by atoms with Crippen LogP contribution in [0, 0.1) is 17.6 Å². The van der Waals surface area contributed by atoms with E-state index in [0.717, 1.165) is 29.3 Å². The van der Waals surface area contributed by atoms with E-state index in [1.54, 1.807) is 4.90 Å². The molecule has 1 saturated heterocycles. The van der Waals surface area contributed by atoms with Crippen molar-refractivity contribution < 1.29 is 22.0 Å². The second-order valence-electron chi connectivity index (χ2n) is 6.33. The molecule has 136 valence electrons. The van der Waals surface area contributed by atoms with Gasteiger partial charge in [0.05, 0.1) is 0 Å². The molecule has 8 heteroatoms. The van der Waals surface area contributed by atoms with Crippen LogP contribution >= 0.6 is 0 Å². The Morgan fingerprint density at radius 3 is 2.52 bits per heavy atom. The minimum Gasteiger partial charge on any atom is -0.340 e. The van der Waals surface area contributed by atoms with Crippen LogP contribution in [0.3, 0.4) is 0 Å². The monoisotopic (exact) mass is 370 g/mol. The van der Waals surface area contributed by atoms with Crippen LogP contribution in [-0.4, -0.2) is 49.7 Å². The summed E-state index contributed by atoms with van der Waals surface area (Å²) in [6, 6.07) is 2.37. The van der Waals surface area contributed by atoms with Gasteiger partial charge in [-0.3, -0.25) is 4.79 Å². The largest absolute Gasteiger partial charge is 0.340 e. The molecule has 0 unspecified atom stereocenters. The van der Waals surface area contributed by atoms with Gasteiger partial charge in [0, 0.05) is 32.6 Å². The number of rotatable bonds is 4. The van der Waals surface area contributed by atoms with Crippen molar-refractivity contribution >= 4 is 15.9 Å². The van der Waals surface area contributed by atoms with Gasteiger partial charge in [0.15, 0.2) is 0 Å². The molecule has 2 aliphatic rings. The summed E-state index contributed by atoms with van der Waals surface area (Å²) in [7, 11) is -4.12. The van der Waals surface area contributed by atoms with E-state index in [1.807, 2.05) is 6.08 Å². The second-order valence-corrected chi connectivity index (χ2v) is 8.24. The van der Waals surface area contributed by atoms with Gasteiger partial charge in [0.1, 0.15) is 16.5 Å². The first-order valence-corrected chi connectivity index (χ1v) is 9.71. The van der Waals surface area contributed by atoms with Crippen molar-refractivity contribution in [3.8, 4) is 0 Å². The van der Waals surface area contributed by atoms with E-state index in [1.165, 1.54) is 0 Å². The van der Waals surface area contributed by atoms with Gasteiger partial charge in [-0.15, -0.1) is 0 Å². The zero-order valence-electron chi connectivity index (χ0n) is 13.7. The Bertz CT molecular complexity index is 787. The van der Waals surface area contributed by atoms with Gasteiger partial charge >= 0.3 is 0 Å². The average Bonchev–Trinajstić information content (AvgIpc) is 3.10. The van der Waals surface area contributed by atoms with Crippen LogP contribution in [0.4, 0.5) is 8.78 Å². The van der Waals surface area contributed by atoms with Gasteiger partial charge in [-0.1, -0.05) is 12.2 Å². The number of benzene rings is 1. The Morgan fingerprint density at radius 1 is 1.16 bits per heavy atom. The Labute approximate surface area is 146 Å². The Kier molecular flexibility index (Phi) is 5.19. The van der Waals surface area contributed by atoms with Crippen molar-refractivity contribution in [2.45, 2.75) is 24.2 Å². The Hall–Kier alpha value is -1.80. The SMILES string of the molecule is O=C(C[C@@H]1C=CCC1)N1CCN(S(=O)(=O)c2cc(F)ccc2F)CC1. The highest BCUT2D eigenvalue weighted by Gasteiger charge is 2.32. The summed E-state index contributed by atoms with van der Waals surface area (Å²) in [6.45, 7) is 0.659. The third kappa shape index (κ3) is 3.90. The molecule has 1 fully saturated rings. The van der Waals surface area contributed by atoms with Gasteiger partial charge in [0.25, 0.3) is 0 Å². The highest BCUT2D eigenvalue weighted by Crippen LogP contribution is 2.24. The quantitative estimate of drug-likeness (QED) is 0.763. The molecule has 0 aromatic heterocycles. The standard InChI is InChI=1S/C17H20F2N2O3S/c18-14-5-6-15(19)16(12-14)25(23,24)21-9-7-20(8-10-21)17(22)11-13-3-1-2-4-13/h1,3,5-6,12-13H,2,4,7-11H2/t13-/m1/s1. The maximum atomic E-state index is 13.8. The number of nitrogens with zero attached hydrogens (tertiary/aromatic N) is 2. The van der Waals surface area contributed by atoms with Crippen molar-refractivity contribution in [1.29, 1.82) is 0 Å². The first kappa shape index (κ1) is 18.0. The normalized spacial score (nSPS) is 21.7. The van der Waals surface area contributed by atoms with Crippen molar-refractivity contribution in [1.82, 2.24) is 9.21 Å². The van der Waals surface area contributed by atoms with Crippen LogP contribution in [0.15, 0.2) is 35.2 Å². The van der Waals surface area contributed by atoms with Crippen LogP contribution in [0.5, 0.6) is 0 Å². The summed E-state index contributed by atoms with van der Waals surface area (Å²) >= 11 is 0. The Morgan fingerprint density at radius 2 is 1.88 bits per heavy atom. The lowest BCUT2D eigenvalue weighted by Crippen LogP contribution is -2.50. The molecular formula is C17H20F2N2O3S. The summed E-state index contributed by atoms with van der Waals surface area (Å²) in [5.41, 5.74) is 0. The maximum Gasteiger partial charge on any atom is 0.246 e. The molecule has 0 spiro atoms. The predicted molar refractivity (Wildman–Crippen MR) is 88.2 cm³/mol. The van der Waals surface area contributed by atoms with Gasteiger partial charge in [0.2, 0.25) is 15.9 Å². The molecule has 5 nitrogen and oxygen atoms in total. The fourth-order valence-electron chi connectivity index (χ4n) is 3.21. The molecule has 3 rings (SSSR count). The summed E-state index contributed by atoms with van der Waals surface area (Å²) in [5, 5.41) is 0. The highest BCUT2D eigenvalue weighted by molar-refractivity contribution is 7.89. The third-order valence-electron chi connectivity index (χ3n) is 4.65. The van der Waals surface area contributed by atoms with E-state index in [-0.39, 0.29) is 38.0 Å².